The average Bonchev–Trinajstić information content (AvgIpc) is 2.41. The number of nitrogens with zero attached hydrogens (tertiary/aromatic N) is 1. The van der Waals surface area contributed by atoms with Crippen LogP contribution in [-0.2, 0) is 6.42 Å². The quantitative estimate of drug-likeness (QED) is 0.813. The summed E-state index contributed by atoms with van der Waals surface area (Å²) in [5, 5.41) is 0. The molecule has 0 saturated carbocycles. The second kappa shape index (κ2) is 5.67. The first kappa shape index (κ1) is 12.6. The molecule has 2 aromatic rings. The maximum Gasteiger partial charge on any atom is 0.213 e. The van der Waals surface area contributed by atoms with E-state index in [9.17, 15) is 0 Å². The summed E-state index contributed by atoms with van der Waals surface area (Å²) in [6, 6.07) is 14.4. The third-order valence-electron chi connectivity index (χ3n) is 3.25. The van der Waals surface area contributed by atoms with Crippen molar-refractivity contribution in [2.75, 3.05) is 7.11 Å². The van der Waals surface area contributed by atoms with E-state index in [1.165, 1.54) is 11.1 Å². The van der Waals surface area contributed by atoms with Gasteiger partial charge in [-0.3, -0.25) is 0 Å². The van der Waals surface area contributed by atoms with Gasteiger partial charge < -0.3 is 4.74 Å². The minimum absolute atomic E-state index is 0.390. The van der Waals surface area contributed by atoms with Crippen LogP contribution in [0.2, 0.25) is 0 Å². The molecular formula is C16H19NO. The molecule has 0 radical (unpaired) electrons. The first-order valence-corrected chi connectivity index (χ1v) is 6.26. The standard InChI is InChI=1S/C16H19NO/c1-12-7-4-5-8-14(12)11-13(2)15-9-6-10-16(17-15)18-3/h4-10,13H,11H2,1-3H3. The molecule has 2 heteroatoms. The Morgan fingerprint density at radius 3 is 2.61 bits per heavy atom. The van der Waals surface area contributed by atoms with Crippen LogP contribution in [-0.4, -0.2) is 12.1 Å². The van der Waals surface area contributed by atoms with Crippen molar-refractivity contribution in [1.82, 2.24) is 4.98 Å². The minimum Gasteiger partial charge on any atom is -0.481 e. The van der Waals surface area contributed by atoms with Crippen molar-refractivity contribution in [1.29, 1.82) is 0 Å². The molecular weight excluding hydrogens is 222 g/mol. The molecule has 1 atom stereocenters. The Bertz CT molecular complexity index is 522. The van der Waals surface area contributed by atoms with Crippen molar-refractivity contribution in [3.8, 4) is 5.88 Å². The summed E-state index contributed by atoms with van der Waals surface area (Å²) in [5.41, 5.74) is 3.81. The lowest BCUT2D eigenvalue weighted by Gasteiger charge is -2.13. The van der Waals surface area contributed by atoms with Crippen molar-refractivity contribution in [2.45, 2.75) is 26.2 Å². The van der Waals surface area contributed by atoms with Crippen molar-refractivity contribution >= 4 is 0 Å². The van der Waals surface area contributed by atoms with Crippen LogP contribution in [0.15, 0.2) is 42.5 Å². The largest absolute Gasteiger partial charge is 0.481 e. The average molecular weight is 241 g/mol. The van der Waals surface area contributed by atoms with Gasteiger partial charge in [0.1, 0.15) is 0 Å². The smallest absolute Gasteiger partial charge is 0.213 e. The van der Waals surface area contributed by atoms with E-state index in [1.54, 1.807) is 7.11 Å². The van der Waals surface area contributed by atoms with Gasteiger partial charge in [-0.25, -0.2) is 4.98 Å². The molecule has 1 aromatic carbocycles. The van der Waals surface area contributed by atoms with Crippen LogP contribution in [0.1, 0.15) is 29.7 Å². The summed E-state index contributed by atoms with van der Waals surface area (Å²) in [5.74, 6) is 1.07. The maximum absolute atomic E-state index is 5.17. The molecule has 0 spiro atoms. The molecule has 0 fully saturated rings. The van der Waals surface area contributed by atoms with Crippen molar-refractivity contribution in [3.05, 3.63) is 59.3 Å². The number of ether oxygens (including phenoxy) is 1. The van der Waals surface area contributed by atoms with Crippen molar-refractivity contribution in [3.63, 3.8) is 0 Å². The number of benzene rings is 1. The molecule has 0 aliphatic heterocycles. The SMILES string of the molecule is COc1cccc(C(C)Cc2ccccc2C)n1. The summed E-state index contributed by atoms with van der Waals surface area (Å²) < 4.78 is 5.17. The van der Waals surface area contributed by atoms with Crippen LogP contribution < -0.4 is 4.74 Å². The predicted octanol–water partition coefficient (Wildman–Crippen LogP) is 3.74. The molecule has 2 rings (SSSR count). The third kappa shape index (κ3) is 2.89. The Kier molecular flexibility index (Phi) is 3.98. The van der Waals surface area contributed by atoms with E-state index in [0.29, 0.717) is 11.8 Å². The molecule has 1 aromatic heterocycles. The zero-order valence-corrected chi connectivity index (χ0v) is 11.2. The number of methoxy groups -OCH3 is 1. The Morgan fingerprint density at radius 1 is 1.11 bits per heavy atom. The molecule has 0 aliphatic rings. The summed E-state index contributed by atoms with van der Waals surface area (Å²) in [6.45, 7) is 4.36. The van der Waals surface area contributed by atoms with E-state index in [0.717, 1.165) is 12.1 Å². The third-order valence-corrected chi connectivity index (χ3v) is 3.25. The van der Waals surface area contributed by atoms with Gasteiger partial charge in [0.25, 0.3) is 0 Å². The Hall–Kier alpha value is -1.83. The normalized spacial score (nSPS) is 12.2. The van der Waals surface area contributed by atoms with Crippen LogP contribution in [0.25, 0.3) is 0 Å². The highest BCUT2D eigenvalue weighted by molar-refractivity contribution is 5.28. The number of rotatable bonds is 4. The molecule has 0 amide bonds. The molecule has 2 nitrogen and oxygen atoms in total. The number of pyridine rings is 1. The molecule has 0 saturated heterocycles. The minimum atomic E-state index is 0.390. The zero-order chi connectivity index (χ0) is 13.0. The fraction of sp³-hybridized carbons (Fsp3) is 0.312. The van der Waals surface area contributed by atoms with Crippen molar-refractivity contribution < 1.29 is 4.74 Å². The van der Waals surface area contributed by atoms with Crippen molar-refractivity contribution in [2.24, 2.45) is 0 Å². The highest BCUT2D eigenvalue weighted by Gasteiger charge is 2.10. The van der Waals surface area contributed by atoms with Gasteiger partial charge in [-0.1, -0.05) is 37.3 Å². The lowest BCUT2D eigenvalue weighted by atomic mass is 9.95. The highest BCUT2D eigenvalue weighted by Crippen LogP contribution is 2.22. The predicted molar refractivity (Wildman–Crippen MR) is 74.1 cm³/mol. The molecule has 0 aliphatic carbocycles. The van der Waals surface area contributed by atoms with E-state index in [1.807, 2.05) is 12.1 Å². The fourth-order valence-corrected chi connectivity index (χ4v) is 2.09. The van der Waals surface area contributed by atoms with Crippen LogP contribution in [0.3, 0.4) is 0 Å². The molecule has 94 valence electrons. The second-order valence-electron chi connectivity index (χ2n) is 4.64. The van der Waals surface area contributed by atoms with Gasteiger partial charge in [-0.05, 0) is 30.5 Å². The Balaban J connectivity index is 2.16. The van der Waals surface area contributed by atoms with Gasteiger partial charge in [0.2, 0.25) is 5.88 Å². The summed E-state index contributed by atoms with van der Waals surface area (Å²) in [7, 11) is 1.65. The lowest BCUT2D eigenvalue weighted by molar-refractivity contribution is 0.395. The Morgan fingerprint density at radius 2 is 1.89 bits per heavy atom. The van der Waals surface area contributed by atoms with Gasteiger partial charge in [-0.2, -0.15) is 0 Å². The fourth-order valence-electron chi connectivity index (χ4n) is 2.09. The monoisotopic (exact) mass is 241 g/mol. The van der Waals surface area contributed by atoms with Crippen LogP contribution in [0, 0.1) is 6.92 Å². The van der Waals surface area contributed by atoms with E-state index in [2.05, 4.69) is 49.2 Å². The molecule has 18 heavy (non-hydrogen) atoms. The summed E-state index contributed by atoms with van der Waals surface area (Å²) in [4.78, 5) is 4.49. The Labute approximate surface area is 109 Å². The van der Waals surface area contributed by atoms with Gasteiger partial charge >= 0.3 is 0 Å². The van der Waals surface area contributed by atoms with E-state index in [-0.39, 0.29) is 0 Å². The number of aryl methyl sites for hydroxylation is 1. The molecule has 0 bridgehead atoms. The summed E-state index contributed by atoms with van der Waals surface area (Å²) in [6.07, 6.45) is 1.01. The van der Waals surface area contributed by atoms with E-state index >= 15 is 0 Å². The lowest BCUT2D eigenvalue weighted by Crippen LogP contribution is -2.03. The van der Waals surface area contributed by atoms with Gasteiger partial charge in [0, 0.05) is 17.7 Å². The number of hydrogen-bond acceptors (Lipinski definition) is 2. The first-order chi connectivity index (χ1) is 8.70. The topological polar surface area (TPSA) is 22.1 Å². The van der Waals surface area contributed by atoms with E-state index in [4.69, 9.17) is 4.74 Å². The first-order valence-electron chi connectivity index (χ1n) is 6.26. The highest BCUT2D eigenvalue weighted by atomic mass is 16.5. The van der Waals surface area contributed by atoms with Gasteiger partial charge in [0.05, 0.1) is 7.11 Å². The van der Waals surface area contributed by atoms with Crippen LogP contribution in [0.4, 0.5) is 0 Å². The van der Waals surface area contributed by atoms with Crippen LogP contribution in [0.5, 0.6) is 5.88 Å². The summed E-state index contributed by atoms with van der Waals surface area (Å²) >= 11 is 0. The van der Waals surface area contributed by atoms with Crippen LogP contribution >= 0.6 is 0 Å². The molecule has 1 unspecified atom stereocenters. The second-order valence-corrected chi connectivity index (χ2v) is 4.64. The van der Waals surface area contributed by atoms with Gasteiger partial charge in [0.15, 0.2) is 0 Å². The van der Waals surface area contributed by atoms with E-state index < -0.39 is 0 Å². The maximum atomic E-state index is 5.17. The number of hydrogen-bond donors (Lipinski definition) is 0. The molecule has 1 heterocycles. The number of aromatic nitrogens is 1. The zero-order valence-electron chi connectivity index (χ0n) is 11.2. The van der Waals surface area contributed by atoms with Gasteiger partial charge in [-0.15, -0.1) is 0 Å². The molecule has 0 N–H and O–H groups in total.